The fraction of sp³-hybridized carbons (Fsp3) is 0.222. The molecule has 25 heavy (non-hydrogen) atoms. The monoisotopic (exact) mass is 353 g/mol. The number of hydrogen-bond acceptors (Lipinski definition) is 5. The van der Waals surface area contributed by atoms with Crippen molar-refractivity contribution in [2.24, 2.45) is 0 Å². The van der Waals surface area contributed by atoms with E-state index in [1.165, 1.54) is 23.2 Å². The lowest BCUT2D eigenvalue weighted by atomic mass is 10.2. The minimum atomic E-state index is -0.803. The Labute approximate surface area is 148 Å². The molecule has 0 spiro atoms. The number of amides is 3. The first-order valence-electron chi connectivity index (χ1n) is 7.68. The van der Waals surface area contributed by atoms with Gasteiger partial charge in [0.1, 0.15) is 6.04 Å². The first-order chi connectivity index (χ1) is 12.0. The van der Waals surface area contributed by atoms with Crippen molar-refractivity contribution in [1.82, 2.24) is 4.90 Å². The molecule has 2 heterocycles. The van der Waals surface area contributed by atoms with Crippen LogP contribution >= 0.6 is 11.3 Å². The third-order valence-corrected chi connectivity index (χ3v) is 4.93. The highest BCUT2D eigenvalue weighted by Crippen LogP contribution is 2.27. The Morgan fingerprint density at radius 1 is 1.32 bits per heavy atom. The van der Waals surface area contributed by atoms with Crippen LogP contribution in [0.3, 0.4) is 0 Å². The molecule has 0 radical (unpaired) electrons. The van der Waals surface area contributed by atoms with Gasteiger partial charge in [0.15, 0.2) is 0 Å². The lowest BCUT2D eigenvalue weighted by molar-refractivity contribution is -0.137. The van der Waals surface area contributed by atoms with Gasteiger partial charge in [-0.25, -0.2) is 4.90 Å². The molecule has 3 amide bonds. The molecule has 0 bridgehead atoms. The van der Waals surface area contributed by atoms with Gasteiger partial charge in [-0.3, -0.25) is 14.4 Å². The zero-order valence-corrected chi connectivity index (χ0v) is 14.3. The van der Waals surface area contributed by atoms with E-state index in [4.69, 9.17) is 5.26 Å². The van der Waals surface area contributed by atoms with Crippen LogP contribution in [-0.2, 0) is 20.9 Å². The fourth-order valence-corrected chi connectivity index (χ4v) is 3.53. The molecule has 3 rings (SSSR count). The van der Waals surface area contributed by atoms with Crippen LogP contribution in [0.15, 0.2) is 41.8 Å². The molecule has 2 aromatic rings. The standard InChI is InChI=1S/C18H15N3O3S/c1-12(22)20(11-15-3-2-8-25-15)16-9-17(23)21(18(16)24)14-6-4-13(10-19)5-7-14/h2-8,16H,9,11H2,1H3. The van der Waals surface area contributed by atoms with E-state index in [9.17, 15) is 14.4 Å². The molecule has 126 valence electrons. The van der Waals surface area contributed by atoms with Gasteiger partial charge in [-0.2, -0.15) is 5.26 Å². The first-order valence-corrected chi connectivity index (χ1v) is 8.56. The average Bonchev–Trinajstić information content (AvgIpc) is 3.20. The molecule has 1 aliphatic heterocycles. The summed E-state index contributed by atoms with van der Waals surface area (Å²) in [5.41, 5.74) is 0.860. The van der Waals surface area contributed by atoms with Crippen molar-refractivity contribution in [3.05, 3.63) is 52.2 Å². The highest BCUT2D eigenvalue weighted by Gasteiger charge is 2.43. The minimum Gasteiger partial charge on any atom is -0.325 e. The normalized spacial score (nSPS) is 16.8. The number of nitriles is 1. The summed E-state index contributed by atoms with van der Waals surface area (Å²) in [5, 5.41) is 10.8. The Kier molecular flexibility index (Phi) is 4.63. The van der Waals surface area contributed by atoms with Crippen molar-refractivity contribution in [2.45, 2.75) is 25.9 Å². The molecule has 1 fully saturated rings. The Balaban J connectivity index is 1.85. The number of thiophene rings is 1. The van der Waals surface area contributed by atoms with Crippen LogP contribution in [0.1, 0.15) is 23.8 Å². The lowest BCUT2D eigenvalue weighted by Gasteiger charge is -2.26. The number of carbonyl (C=O) groups is 3. The van der Waals surface area contributed by atoms with E-state index in [0.29, 0.717) is 17.8 Å². The van der Waals surface area contributed by atoms with Crippen LogP contribution < -0.4 is 4.90 Å². The summed E-state index contributed by atoms with van der Waals surface area (Å²) in [6.45, 7) is 1.70. The molecule has 1 aromatic carbocycles. The van der Waals surface area contributed by atoms with Crippen molar-refractivity contribution in [3.63, 3.8) is 0 Å². The first kappa shape index (κ1) is 16.9. The molecular formula is C18H15N3O3S. The van der Waals surface area contributed by atoms with Gasteiger partial charge >= 0.3 is 0 Å². The predicted octanol–water partition coefficient (Wildman–Crippen LogP) is 2.30. The fourth-order valence-electron chi connectivity index (χ4n) is 2.83. The number of hydrogen-bond donors (Lipinski definition) is 0. The minimum absolute atomic E-state index is 0.0379. The summed E-state index contributed by atoms with van der Waals surface area (Å²) in [6, 6.07) is 11.2. The van der Waals surface area contributed by atoms with E-state index in [1.54, 1.807) is 24.3 Å². The second-order valence-electron chi connectivity index (χ2n) is 5.67. The molecule has 1 unspecified atom stereocenters. The number of benzene rings is 1. The highest BCUT2D eigenvalue weighted by atomic mass is 32.1. The van der Waals surface area contributed by atoms with Crippen LogP contribution in [-0.4, -0.2) is 28.7 Å². The van der Waals surface area contributed by atoms with Crippen LogP contribution in [0.4, 0.5) is 5.69 Å². The second kappa shape index (κ2) is 6.87. The van der Waals surface area contributed by atoms with Gasteiger partial charge in [0.2, 0.25) is 11.8 Å². The van der Waals surface area contributed by atoms with E-state index < -0.39 is 11.9 Å². The van der Waals surface area contributed by atoms with Crippen molar-refractivity contribution < 1.29 is 14.4 Å². The number of anilines is 1. The largest absolute Gasteiger partial charge is 0.325 e. The van der Waals surface area contributed by atoms with Crippen LogP contribution in [0, 0.1) is 11.3 Å². The van der Waals surface area contributed by atoms with Gasteiger partial charge < -0.3 is 4.90 Å². The van der Waals surface area contributed by atoms with E-state index >= 15 is 0 Å². The Bertz CT molecular complexity index is 853. The third-order valence-electron chi connectivity index (χ3n) is 4.06. The summed E-state index contributed by atoms with van der Waals surface area (Å²) in [7, 11) is 0. The molecule has 0 aliphatic carbocycles. The topological polar surface area (TPSA) is 81.5 Å². The van der Waals surface area contributed by atoms with Gasteiger partial charge in [0.05, 0.1) is 30.3 Å². The van der Waals surface area contributed by atoms with Crippen LogP contribution in [0.2, 0.25) is 0 Å². The smallest absolute Gasteiger partial charge is 0.257 e. The number of imide groups is 1. The van der Waals surface area contributed by atoms with Gasteiger partial charge in [-0.15, -0.1) is 11.3 Å². The van der Waals surface area contributed by atoms with Gasteiger partial charge in [-0.05, 0) is 35.7 Å². The summed E-state index contributed by atoms with van der Waals surface area (Å²) in [5.74, 6) is -1.01. The Morgan fingerprint density at radius 3 is 2.60 bits per heavy atom. The van der Waals surface area contributed by atoms with Crippen LogP contribution in [0.25, 0.3) is 0 Å². The van der Waals surface area contributed by atoms with Crippen molar-refractivity contribution in [1.29, 1.82) is 5.26 Å². The quantitative estimate of drug-likeness (QED) is 0.790. The molecule has 1 saturated heterocycles. The maximum absolute atomic E-state index is 12.8. The van der Waals surface area contributed by atoms with E-state index in [2.05, 4.69) is 0 Å². The van der Waals surface area contributed by atoms with Gasteiger partial charge in [0.25, 0.3) is 5.91 Å². The number of nitrogens with zero attached hydrogens (tertiary/aromatic N) is 3. The molecule has 7 heteroatoms. The summed E-state index contributed by atoms with van der Waals surface area (Å²) in [6.07, 6.45) is -0.0379. The summed E-state index contributed by atoms with van der Waals surface area (Å²) < 4.78 is 0. The maximum atomic E-state index is 12.8. The molecular weight excluding hydrogens is 338 g/mol. The van der Waals surface area contributed by atoms with Crippen molar-refractivity contribution >= 4 is 34.7 Å². The SMILES string of the molecule is CC(=O)N(Cc1cccs1)C1CC(=O)N(c2ccc(C#N)cc2)C1=O. The average molecular weight is 353 g/mol. The maximum Gasteiger partial charge on any atom is 0.257 e. The Hall–Kier alpha value is -2.98. The van der Waals surface area contributed by atoms with Crippen LogP contribution in [0.5, 0.6) is 0 Å². The number of carbonyl (C=O) groups excluding carboxylic acids is 3. The van der Waals surface area contributed by atoms with Gasteiger partial charge in [0, 0.05) is 11.8 Å². The molecule has 1 aromatic heterocycles. The van der Waals surface area contributed by atoms with Gasteiger partial charge in [-0.1, -0.05) is 6.07 Å². The molecule has 0 N–H and O–H groups in total. The Morgan fingerprint density at radius 2 is 2.04 bits per heavy atom. The molecule has 6 nitrogen and oxygen atoms in total. The summed E-state index contributed by atoms with van der Waals surface area (Å²) in [4.78, 5) is 40.7. The molecule has 0 saturated carbocycles. The molecule has 1 atom stereocenters. The summed E-state index contributed by atoms with van der Waals surface area (Å²) >= 11 is 1.50. The zero-order chi connectivity index (χ0) is 18.0. The third kappa shape index (κ3) is 3.30. The van der Waals surface area contributed by atoms with Crippen molar-refractivity contribution in [3.8, 4) is 6.07 Å². The zero-order valence-electron chi connectivity index (χ0n) is 13.5. The predicted molar refractivity (Wildman–Crippen MR) is 92.6 cm³/mol. The van der Waals surface area contributed by atoms with E-state index in [1.807, 2.05) is 23.6 Å². The molecule has 1 aliphatic rings. The lowest BCUT2D eigenvalue weighted by Crippen LogP contribution is -2.44. The number of rotatable bonds is 4. The second-order valence-corrected chi connectivity index (χ2v) is 6.70. The van der Waals surface area contributed by atoms with E-state index in [-0.39, 0.29) is 18.2 Å². The van der Waals surface area contributed by atoms with E-state index in [0.717, 1.165) is 9.78 Å². The highest BCUT2D eigenvalue weighted by molar-refractivity contribution is 7.09. The van der Waals surface area contributed by atoms with Crippen molar-refractivity contribution in [2.75, 3.05) is 4.90 Å².